The smallest absolute Gasteiger partial charge is 0.270 e. The number of hydrogen-bond acceptors (Lipinski definition) is 7. The summed E-state index contributed by atoms with van der Waals surface area (Å²) in [5, 5.41) is 3.23. The number of amides is 1. The normalized spacial score (nSPS) is 20.8. The first-order chi connectivity index (χ1) is 20.7. The number of aromatic nitrogens is 3. The molecule has 2 aliphatic heterocycles. The van der Waals surface area contributed by atoms with Crippen LogP contribution in [0.3, 0.4) is 0 Å². The molecule has 1 aliphatic carbocycles. The van der Waals surface area contributed by atoms with Crippen molar-refractivity contribution in [2.75, 3.05) is 31.1 Å². The summed E-state index contributed by atoms with van der Waals surface area (Å²) in [5.74, 6) is 1.13. The Morgan fingerprint density at radius 1 is 0.929 bits per heavy atom. The molecule has 4 heterocycles. The van der Waals surface area contributed by atoms with Gasteiger partial charge < -0.3 is 16.0 Å². The van der Waals surface area contributed by atoms with Gasteiger partial charge in [0.2, 0.25) is 5.95 Å². The van der Waals surface area contributed by atoms with Crippen LogP contribution in [-0.2, 0) is 6.42 Å². The van der Waals surface area contributed by atoms with Crippen molar-refractivity contribution in [3.8, 4) is 0 Å². The zero-order valence-electron chi connectivity index (χ0n) is 24.1. The molecule has 0 bridgehead atoms. The van der Waals surface area contributed by atoms with Gasteiger partial charge in [-0.05, 0) is 67.7 Å². The van der Waals surface area contributed by atoms with E-state index in [0.29, 0.717) is 31.1 Å². The van der Waals surface area contributed by atoms with Crippen molar-refractivity contribution in [3.63, 3.8) is 0 Å². The van der Waals surface area contributed by atoms with E-state index in [2.05, 4.69) is 61.6 Å². The van der Waals surface area contributed by atoms with E-state index in [-0.39, 0.29) is 11.8 Å². The quantitative estimate of drug-likeness (QED) is 0.378. The number of anilines is 1. The van der Waals surface area contributed by atoms with Gasteiger partial charge in [0.25, 0.3) is 5.91 Å². The molecule has 216 valence electrons. The molecule has 1 aromatic carbocycles. The molecule has 8 nitrogen and oxygen atoms in total. The lowest BCUT2D eigenvalue weighted by Crippen LogP contribution is -2.35. The van der Waals surface area contributed by atoms with Crippen LogP contribution in [0.5, 0.6) is 0 Å². The molecule has 3 N–H and O–H groups in total. The lowest BCUT2D eigenvalue weighted by molar-refractivity contribution is 0.0939. The minimum atomic E-state index is -0.116. The van der Waals surface area contributed by atoms with Crippen molar-refractivity contribution in [2.45, 2.75) is 50.9 Å². The number of nitrogens with one attached hydrogen (secondary N) is 1. The Kier molecular flexibility index (Phi) is 8.80. The van der Waals surface area contributed by atoms with E-state index < -0.39 is 0 Å². The van der Waals surface area contributed by atoms with Crippen LogP contribution in [-0.4, -0.2) is 52.7 Å². The second-order valence-electron chi connectivity index (χ2n) is 11.4. The summed E-state index contributed by atoms with van der Waals surface area (Å²) in [5.41, 5.74) is 12.9. The predicted octanol–water partition coefficient (Wildman–Crippen LogP) is 5.32. The summed E-state index contributed by atoms with van der Waals surface area (Å²) in [6, 6.07) is 14.3. The van der Waals surface area contributed by atoms with E-state index in [1.807, 2.05) is 18.2 Å². The molecule has 6 rings (SSSR count). The third kappa shape index (κ3) is 6.34. The molecule has 1 saturated heterocycles. The molecule has 2 unspecified atom stereocenters. The molecule has 3 aliphatic rings. The van der Waals surface area contributed by atoms with Crippen LogP contribution in [0.1, 0.15) is 66.1 Å². The molecule has 1 fully saturated rings. The average Bonchev–Trinajstić information content (AvgIpc) is 3.04. The first-order valence-electron chi connectivity index (χ1n) is 15.2. The van der Waals surface area contributed by atoms with Crippen molar-refractivity contribution < 1.29 is 4.79 Å². The van der Waals surface area contributed by atoms with Gasteiger partial charge in [0, 0.05) is 56.3 Å². The zero-order valence-corrected chi connectivity index (χ0v) is 24.1. The number of carbonyl (C=O) groups excluding carboxylic acids is 1. The number of fused-ring (bicyclic) bond motifs is 1. The number of rotatable bonds is 7. The van der Waals surface area contributed by atoms with Gasteiger partial charge in [-0.15, -0.1) is 0 Å². The van der Waals surface area contributed by atoms with Crippen molar-refractivity contribution >= 4 is 23.3 Å². The van der Waals surface area contributed by atoms with E-state index >= 15 is 0 Å². The topological polar surface area (TPSA) is 109 Å². The lowest BCUT2D eigenvalue weighted by atomic mass is 9.79. The first-order valence-corrected chi connectivity index (χ1v) is 15.2. The summed E-state index contributed by atoms with van der Waals surface area (Å²) in [4.78, 5) is 34.5. The number of pyridine rings is 1. The largest absolute Gasteiger partial charge is 0.350 e. The van der Waals surface area contributed by atoms with Crippen molar-refractivity contribution in [2.24, 2.45) is 16.6 Å². The van der Waals surface area contributed by atoms with E-state index in [9.17, 15) is 4.79 Å². The maximum absolute atomic E-state index is 13.6. The molecular formula is C34H39N7O. The number of nitrogens with zero attached hydrogens (tertiary/aromatic N) is 5. The van der Waals surface area contributed by atoms with Gasteiger partial charge in [-0.25, -0.2) is 9.97 Å². The Labute approximate surface area is 247 Å². The number of allylic oxidation sites excluding steroid dienone is 3. The Morgan fingerprint density at radius 2 is 1.79 bits per heavy atom. The highest BCUT2D eigenvalue weighted by Gasteiger charge is 2.31. The molecule has 3 aromatic rings. The molecule has 0 radical (unpaired) electrons. The number of carbonyl (C=O) groups is 1. The van der Waals surface area contributed by atoms with Crippen LogP contribution in [0.15, 0.2) is 89.3 Å². The van der Waals surface area contributed by atoms with Crippen LogP contribution < -0.4 is 16.0 Å². The second-order valence-corrected chi connectivity index (χ2v) is 11.4. The molecule has 0 spiro atoms. The summed E-state index contributed by atoms with van der Waals surface area (Å²) in [6.07, 6.45) is 16.5. The van der Waals surface area contributed by atoms with E-state index in [1.54, 1.807) is 18.6 Å². The molecule has 2 atom stereocenters. The van der Waals surface area contributed by atoms with E-state index in [0.717, 1.165) is 74.5 Å². The maximum atomic E-state index is 13.6. The summed E-state index contributed by atoms with van der Waals surface area (Å²) in [6.45, 7) is 3.08. The lowest BCUT2D eigenvalue weighted by Gasteiger charge is -2.29. The van der Waals surface area contributed by atoms with Crippen LogP contribution >= 0.6 is 0 Å². The van der Waals surface area contributed by atoms with Gasteiger partial charge in [0.05, 0.1) is 11.4 Å². The fraction of sp³-hybridized carbons (Fsp3) is 0.382. The monoisotopic (exact) mass is 561 g/mol. The molecule has 2 aromatic heterocycles. The minimum Gasteiger partial charge on any atom is -0.350 e. The SMILES string of the molecule is NCC1=CCC(C2=Nc3ccnc(C(=O)NCC4CCCCN(c5ncccn5)CC4)c3CC2c2ccccc2)=CC1. The average molecular weight is 562 g/mol. The van der Waals surface area contributed by atoms with Crippen LogP contribution in [0.4, 0.5) is 11.6 Å². The van der Waals surface area contributed by atoms with Gasteiger partial charge in [-0.3, -0.25) is 14.8 Å². The Bertz CT molecular complexity index is 1480. The van der Waals surface area contributed by atoms with Crippen molar-refractivity contribution in [1.29, 1.82) is 0 Å². The van der Waals surface area contributed by atoms with E-state index in [4.69, 9.17) is 10.7 Å². The van der Waals surface area contributed by atoms with E-state index in [1.165, 1.54) is 16.7 Å². The van der Waals surface area contributed by atoms with Gasteiger partial charge in [0.15, 0.2) is 0 Å². The molecule has 8 heteroatoms. The molecular weight excluding hydrogens is 522 g/mol. The fourth-order valence-corrected chi connectivity index (χ4v) is 6.31. The summed E-state index contributed by atoms with van der Waals surface area (Å²) in [7, 11) is 0. The summed E-state index contributed by atoms with van der Waals surface area (Å²) < 4.78 is 0. The number of hydrogen-bond donors (Lipinski definition) is 2. The third-order valence-corrected chi connectivity index (χ3v) is 8.72. The van der Waals surface area contributed by atoms with Crippen LogP contribution in [0.25, 0.3) is 0 Å². The highest BCUT2D eigenvalue weighted by atomic mass is 16.1. The first kappa shape index (κ1) is 28.0. The van der Waals surface area contributed by atoms with Gasteiger partial charge in [-0.1, -0.05) is 54.5 Å². The number of aliphatic imine (C=N–C) groups is 1. The second kappa shape index (κ2) is 13.2. The number of benzene rings is 1. The van der Waals surface area contributed by atoms with Gasteiger partial charge in [0.1, 0.15) is 5.69 Å². The third-order valence-electron chi connectivity index (χ3n) is 8.72. The fourth-order valence-electron chi connectivity index (χ4n) is 6.31. The Hall–Kier alpha value is -4.17. The minimum absolute atomic E-state index is 0.0605. The van der Waals surface area contributed by atoms with Crippen molar-refractivity contribution in [3.05, 3.63) is 101 Å². The molecule has 42 heavy (non-hydrogen) atoms. The van der Waals surface area contributed by atoms with Gasteiger partial charge >= 0.3 is 0 Å². The molecule has 0 saturated carbocycles. The van der Waals surface area contributed by atoms with Gasteiger partial charge in [-0.2, -0.15) is 0 Å². The Morgan fingerprint density at radius 3 is 2.57 bits per heavy atom. The van der Waals surface area contributed by atoms with Crippen molar-refractivity contribution in [1.82, 2.24) is 20.3 Å². The Balaban J connectivity index is 1.19. The summed E-state index contributed by atoms with van der Waals surface area (Å²) >= 11 is 0. The predicted molar refractivity (Wildman–Crippen MR) is 167 cm³/mol. The highest BCUT2D eigenvalue weighted by Crippen LogP contribution is 2.39. The molecule has 1 amide bonds. The zero-order chi connectivity index (χ0) is 28.7. The van der Waals surface area contributed by atoms with Crippen LogP contribution in [0, 0.1) is 5.92 Å². The number of nitrogens with two attached hydrogens (primary N) is 1. The standard InChI is InChI=1S/C34H39N7O/c35-22-24-10-12-27(13-11-24)31-28(26-8-2-1-3-9-26)21-29-30(40-31)14-18-36-32(29)33(42)39-23-25-7-4-5-19-41(20-15-25)34-37-16-6-17-38-34/h1-3,6,8-10,13-14,16-18,25,28H,4-5,7,11-12,15,19-23,35H2,(H,39,42). The van der Waals surface area contributed by atoms with Crippen LogP contribution in [0.2, 0.25) is 0 Å². The maximum Gasteiger partial charge on any atom is 0.270 e. The highest BCUT2D eigenvalue weighted by molar-refractivity contribution is 6.08.